The molecule has 58 heavy (non-hydrogen) atoms. The molecule has 0 unspecified atom stereocenters. The smallest absolute Gasteiger partial charge is 0.135 e. The molecule has 0 fully saturated rings. The maximum Gasteiger partial charge on any atom is 0.135 e. The fourth-order valence-electron chi connectivity index (χ4n) is 9.83. The summed E-state index contributed by atoms with van der Waals surface area (Å²) >= 11 is 0. The first kappa shape index (κ1) is 32.6. The average Bonchev–Trinajstić information content (AvgIpc) is 3.93. The van der Waals surface area contributed by atoms with Crippen LogP contribution in [0.2, 0.25) is 0 Å². The topological polar surface area (TPSA) is 21.3 Å². The molecule has 12 rings (SSSR count). The predicted molar refractivity (Wildman–Crippen MR) is 240 cm³/mol. The zero-order chi connectivity index (χ0) is 38.2. The average molecular weight is 741 g/mol. The van der Waals surface area contributed by atoms with Crippen LogP contribution in [0.25, 0.3) is 60.6 Å². The van der Waals surface area contributed by atoms with Crippen LogP contribution >= 0.6 is 0 Å². The van der Waals surface area contributed by atoms with Crippen LogP contribution in [0.1, 0.15) is 22.3 Å². The second-order valence-electron chi connectivity index (χ2n) is 15.3. The summed E-state index contributed by atoms with van der Waals surface area (Å²) in [6, 6.07) is 79.0. The third-order valence-electron chi connectivity index (χ3n) is 12.2. The summed E-state index contributed by atoms with van der Waals surface area (Å²) in [5.41, 5.74) is 15.6. The van der Waals surface area contributed by atoms with E-state index in [9.17, 15) is 0 Å². The summed E-state index contributed by atoms with van der Waals surface area (Å²) in [6.07, 6.45) is 0. The van der Waals surface area contributed by atoms with Crippen LogP contribution in [0.5, 0.6) is 0 Å². The Morgan fingerprint density at radius 1 is 0.362 bits per heavy atom. The molecule has 3 nitrogen and oxygen atoms in total. The van der Waals surface area contributed by atoms with Crippen molar-refractivity contribution in [1.29, 1.82) is 0 Å². The molecule has 0 N–H and O–H groups in total. The van der Waals surface area contributed by atoms with E-state index in [2.05, 4.69) is 228 Å². The lowest BCUT2D eigenvalue weighted by atomic mass is 9.67. The Kier molecular flexibility index (Phi) is 7.14. The first-order chi connectivity index (χ1) is 28.8. The van der Waals surface area contributed by atoms with Crippen LogP contribution < -0.4 is 4.90 Å². The maximum absolute atomic E-state index is 6.79. The van der Waals surface area contributed by atoms with Gasteiger partial charge in [0.1, 0.15) is 11.2 Å². The summed E-state index contributed by atoms with van der Waals surface area (Å²) in [5.74, 6) is 0. The molecule has 0 aliphatic heterocycles. The molecule has 0 saturated heterocycles. The minimum atomic E-state index is -0.487. The number of hydrogen-bond donors (Lipinski definition) is 0. The van der Waals surface area contributed by atoms with Gasteiger partial charge in [-0.15, -0.1) is 0 Å². The van der Waals surface area contributed by atoms with Gasteiger partial charge >= 0.3 is 0 Å². The Morgan fingerprint density at radius 2 is 0.948 bits per heavy atom. The molecule has 2 aromatic heterocycles. The molecule has 2 heterocycles. The van der Waals surface area contributed by atoms with Gasteiger partial charge in [-0.25, -0.2) is 0 Å². The molecule has 272 valence electrons. The van der Waals surface area contributed by atoms with E-state index >= 15 is 0 Å². The van der Waals surface area contributed by atoms with Gasteiger partial charge < -0.3 is 13.9 Å². The molecule has 0 saturated carbocycles. The van der Waals surface area contributed by atoms with Crippen LogP contribution in [0.3, 0.4) is 0 Å². The van der Waals surface area contributed by atoms with Crippen LogP contribution in [0.4, 0.5) is 17.1 Å². The molecular formula is C55H36N2O. The minimum absolute atomic E-state index is 0.487. The highest BCUT2D eigenvalue weighted by molar-refractivity contribution is 6.11. The second kappa shape index (κ2) is 12.7. The van der Waals surface area contributed by atoms with Gasteiger partial charge in [-0.05, 0) is 106 Å². The summed E-state index contributed by atoms with van der Waals surface area (Å²) in [6.45, 7) is 0. The van der Waals surface area contributed by atoms with Gasteiger partial charge in [-0.3, -0.25) is 0 Å². The molecule has 1 aliphatic carbocycles. The monoisotopic (exact) mass is 740 g/mol. The van der Waals surface area contributed by atoms with Crippen molar-refractivity contribution in [1.82, 2.24) is 4.57 Å². The normalized spacial score (nSPS) is 13.0. The van der Waals surface area contributed by atoms with Crippen molar-refractivity contribution in [3.8, 4) is 16.8 Å². The number of hydrogen-bond acceptors (Lipinski definition) is 2. The molecule has 0 bridgehead atoms. The van der Waals surface area contributed by atoms with Crippen LogP contribution in [0, 0.1) is 0 Å². The second-order valence-corrected chi connectivity index (χ2v) is 15.3. The van der Waals surface area contributed by atoms with Gasteiger partial charge in [-0.1, -0.05) is 146 Å². The molecule has 0 atom stereocenters. The van der Waals surface area contributed by atoms with Gasteiger partial charge in [0.05, 0.1) is 16.4 Å². The fourth-order valence-corrected chi connectivity index (χ4v) is 9.83. The lowest BCUT2D eigenvalue weighted by molar-refractivity contribution is 0.665. The van der Waals surface area contributed by atoms with Crippen molar-refractivity contribution in [2.24, 2.45) is 0 Å². The van der Waals surface area contributed by atoms with E-state index in [1.165, 1.54) is 55.2 Å². The Morgan fingerprint density at radius 3 is 1.69 bits per heavy atom. The molecule has 11 aromatic rings. The van der Waals surface area contributed by atoms with E-state index in [0.717, 1.165) is 44.7 Å². The SMILES string of the molecule is c1ccc(N(c2ccc3oc4cc(C5(c6ccccc6)c6ccccc6-c6ccccc65)ccc4c3c2)c2ccc3c(c2)c2ccccc2n3-c2ccccc2)cc1. The van der Waals surface area contributed by atoms with E-state index in [1.54, 1.807) is 0 Å². The first-order valence-electron chi connectivity index (χ1n) is 19.9. The molecule has 0 radical (unpaired) electrons. The summed E-state index contributed by atoms with van der Waals surface area (Å²) < 4.78 is 9.15. The summed E-state index contributed by atoms with van der Waals surface area (Å²) in [4.78, 5) is 2.36. The van der Waals surface area contributed by atoms with Crippen molar-refractivity contribution in [3.05, 3.63) is 241 Å². The standard InChI is InChI=1S/C55H36N2O/c1-4-16-37(17-5-1)55(49-25-13-10-22-43(49)44-23-11-14-26-50(44)55)38-28-31-46-48-36-42(30-33-53(48)58-54(46)34-38)56(39-18-6-2-7-19-39)41-29-32-52-47(35-41)45-24-12-15-27-51(45)57(52)40-20-8-3-9-21-40/h1-36H. The third-order valence-corrected chi connectivity index (χ3v) is 12.2. The maximum atomic E-state index is 6.79. The number of aromatic nitrogens is 1. The number of fused-ring (bicyclic) bond motifs is 9. The molecule has 0 amide bonds. The molecule has 1 aliphatic rings. The summed E-state index contributed by atoms with van der Waals surface area (Å²) in [7, 11) is 0. The third kappa shape index (κ3) is 4.68. The van der Waals surface area contributed by atoms with Gasteiger partial charge in [0.25, 0.3) is 0 Å². The number of furan rings is 1. The molecular weight excluding hydrogens is 705 g/mol. The van der Waals surface area contributed by atoms with Crippen molar-refractivity contribution in [2.45, 2.75) is 5.41 Å². The van der Waals surface area contributed by atoms with E-state index in [4.69, 9.17) is 4.42 Å². The quantitative estimate of drug-likeness (QED) is 0.169. The highest BCUT2D eigenvalue weighted by Crippen LogP contribution is 2.56. The van der Waals surface area contributed by atoms with E-state index < -0.39 is 5.41 Å². The van der Waals surface area contributed by atoms with E-state index in [0.29, 0.717) is 0 Å². The Hall–Kier alpha value is -7.62. The molecule has 9 aromatic carbocycles. The lowest BCUT2D eigenvalue weighted by Gasteiger charge is -2.33. The van der Waals surface area contributed by atoms with Crippen LogP contribution in [-0.4, -0.2) is 4.57 Å². The van der Waals surface area contributed by atoms with Gasteiger partial charge in [0, 0.05) is 44.3 Å². The molecule has 0 spiro atoms. The van der Waals surface area contributed by atoms with Gasteiger partial charge in [-0.2, -0.15) is 0 Å². The Bertz CT molecular complexity index is 3300. The predicted octanol–water partition coefficient (Wildman–Crippen LogP) is 14.5. The van der Waals surface area contributed by atoms with Crippen molar-refractivity contribution >= 4 is 60.8 Å². The van der Waals surface area contributed by atoms with Crippen molar-refractivity contribution in [2.75, 3.05) is 4.90 Å². The fraction of sp³-hybridized carbons (Fsp3) is 0.0182. The summed E-state index contributed by atoms with van der Waals surface area (Å²) in [5, 5.41) is 4.62. The zero-order valence-corrected chi connectivity index (χ0v) is 31.6. The lowest BCUT2D eigenvalue weighted by Crippen LogP contribution is -2.28. The van der Waals surface area contributed by atoms with Gasteiger partial charge in [0.15, 0.2) is 0 Å². The van der Waals surface area contributed by atoms with Crippen molar-refractivity contribution < 1.29 is 4.42 Å². The highest BCUT2D eigenvalue weighted by atomic mass is 16.3. The molecule has 3 heteroatoms. The number of nitrogens with zero attached hydrogens (tertiary/aromatic N) is 2. The van der Waals surface area contributed by atoms with Gasteiger partial charge in [0.2, 0.25) is 0 Å². The zero-order valence-electron chi connectivity index (χ0n) is 31.6. The number of anilines is 3. The van der Waals surface area contributed by atoms with Crippen LogP contribution in [0.15, 0.2) is 223 Å². The van der Waals surface area contributed by atoms with Crippen molar-refractivity contribution in [3.63, 3.8) is 0 Å². The van der Waals surface area contributed by atoms with E-state index in [-0.39, 0.29) is 0 Å². The highest BCUT2D eigenvalue weighted by Gasteiger charge is 2.46. The minimum Gasteiger partial charge on any atom is -0.456 e. The number of para-hydroxylation sites is 3. The number of benzene rings is 9. The number of rotatable bonds is 6. The Labute approximate surface area is 336 Å². The van der Waals surface area contributed by atoms with E-state index in [1.807, 2.05) is 0 Å². The largest absolute Gasteiger partial charge is 0.456 e. The van der Waals surface area contributed by atoms with Crippen LogP contribution in [-0.2, 0) is 5.41 Å². The Balaban J connectivity index is 1.04. The first-order valence-corrected chi connectivity index (χ1v) is 19.9.